The molecule has 0 atom stereocenters. The summed E-state index contributed by atoms with van der Waals surface area (Å²) < 4.78 is 4.09. The second-order valence-electron chi connectivity index (χ2n) is 4.86. The Kier molecular flexibility index (Phi) is 3.02. The van der Waals surface area contributed by atoms with Crippen LogP contribution in [-0.4, -0.2) is 19.2 Å². The molecule has 3 heterocycles. The van der Waals surface area contributed by atoms with Gasteiger partial charge < -0.3 is 5.32 Å². The number of thiazole rings is 1. The fourth-order valence-electron chi connectivity index (χ4n) is 2.05. The average Bonchev–Trinajstić information content (AvgIpc) is 3.02. The minimum Gasteiger partial charge on any atom is -0.377 e. The van der Waals surface area contributed by atoms with Crippen LogP contribution in [0.15, 0.2) is 24.0 Å². The van der Waals surface area contributed by atoms with Crippen LogP contribution in [0, 0.1) is 6.92 Å². The van der Waals surface area contributed by atoms with Gasteiger partial charge in [0, 0.05) is 23.8 Å². The second-order valence-corrected chi connectivity index (χ2v) is 5.73. The van der Waals surface area contributed by atoms with Crippen molar-refractivity contribution < 1.29 is 0 Å². The van der Waals surface area contributed by atoms with E-state index in [1.807, 2.05) is 24.0 Å². The maximum Gasteiger partial charge on any atom is 0.194 e. The molecule has 0 aliphatic rings. The summed E-state index contributed by atoms with van der Waals surface area (Å²) >= 11 is 1.66. The molecule has 0 amide bonds. The molecule has 0 aromatic carbocycles. The Hall–Kier alpha value is -1.82. The lowest BCUT2D eigenvalue weighted by Gasteiger charge is -2.05. The molecule has 3 aromatic heterocycles. The Bertz CT molecular complexity index is 691. The van der Waals surface area contributed by atoms with Crippen LogP contribution >= 0.6 is 11.3 Å². The van der Waals surface area contributed by atoms with E-state index < -0.39 is 0 Å². The van der Waals surface area contributed by atoms with Crippen LogP contribution in [0.25, 0.3) is 4.96 Å². The van der Waals surface area contributed by atoms with Crippen molar-refractivity contribution in [1.29, 1.82) is 0 Å². The quantitative estimate of drug-likeness (QED) is 0.796. The molecule has 5 nitrogen and oxygen atoms in total. The van der Waals surface area contributed by atoms with Crippen molar-refractivity contribution in [3.63, 3.8) is 0 Å². The number of anilines is 1. The fourth-order valence-corrected chi connectivity index (χ4v) is 2.83. The molecule has 0 aliphatic carbocycles. The molecule has 0 bridgehead atoms. The lowest BCUT2D eigenvalue weighted by atomic mass is 10.3. The molecule has 19 heavy (non-hydrogen) atoms. The Morgan fingerprint density at radius 1 is 1.42 bits per heavy atom. The first kappa shape index (κ1) is 12.2. The maximum atomic E-state index is 4.54. The van der Waals surface area contributed by atoms with Crippen molar-refractivity contribution in [2.24, 2.45) is 0 Å². The monoisotopic (exact) mass is 275 g/mol. The highest BCUT2D eigenvalue weighted by molar-refractivity contribution is 7.15. The van der Waals surface area contributed by atoms with E-state index in [9.17, 15) is 0 Å². The van der Waals surface area contributed by atoms with Gasteiger partial charge in [-0.1, -0.05) is 0 Å². The molecular formula is C13H17N5S. The van der Waals surface area contributed by atoms with Crippen molar-refractivity contribution in [3.05, 3.63) is 35.4 Å². The first-order chi connectivity index (χ1) is 9.15. The number of aromatic nitrogens is 4. The summed E-state index contributed by atoms with van der Waals surface area (Å²) in [5.74, 6) is 0. The summed E-state index contributed by atoms with van der Waals surface area (Å²) in [5.41, 5.74) is 3.32. The van der Waals surface area contributed by atoms with Gasteiger partial charge in [0.25, 0.3) is 0 Å². The van der Waals surface area contributed by atoms with Gasteiger partial charge in [-0.3, -0.25) is 9.08 Å². The maximum absolute atomic E-state index is 4.54. The van der Waals surface area contributed by atoms with Gasteiger partial charge in [-0.2, -0.15) is 5.10 Å². The number of hydrogen-bond donors (Lipinski definition) is 1. The van der Waals surface area contributed by atoms with Crippen molar-refractivity contribution >= 4 is 22.0 Å². The van der Waals surface area contributed by atoms with Crippen LogP contribution in [0.5, 0.6) is 0 Å². The van der Waals surface area contributed by atoms with Crippen molar-refractivity contribution in [3.8, 4) is 0 Å². The molecule has 0 unspecified atom stereocenters. The molecule has 1 N–H and O–H groups in total. The van der Waals surface area contributed by atoms with Crippen molar-refractivity contribution in [2.75, 3.05) is 5.32 Å². The molecule has 100 valence electrons. The third-order valence-corrected chi connectivity index (χ3v) is 3.91. The van der Waals surface area contributed by atoms with Crippen molar-refractivity contribution in [2.45, 2.75) is 33.4 Å². The predicted octanol–water partition coefficient (Wildman–Crippen LogP) is 3.09. The number of imidazole rings is 1. The first-order valence-corrected chi connectivity index (χ1v) is 7.22. The molecule has 3 rings (SSSR count). The van der Waals surface area contributed by atoms with Gasteiger partial charge in [0.05, 0.1) is 29.8 Å². The lowest BCUT2D eigenvalue weighted by Crippen LogP contribution is -2.03. The Morgan fingerprint density at radius 3 is 3.00 bits per heavy atom. The number of rotatable bonds is 4. The van der Waals surface area contributed by atoms with Gasteiger partial charge in [-0.25, -0.2) is 4.98 Å². The van der Waals surface area contributed by atoms with E-state index in [-0.39, 0.29) is 0 Å². The van der Waals surface area contributed by atoms with Crippen LogP contribution < -0.4 is 5.32 Å². The molecule has 0 radical (unpaired) electrons. The average molecular weight is 275 g/mol. The van der Waals surface area contributed by atoms with Gasteiger partial charge in [-0.15, -0.1) is 11.3 Å². The summed E-state index contributed by atoms with van der Waals surface area (Å²) in [4.78, 5) is 5.59. The highest BCUT2D eigenvalue weighted by atomic mass is 32.1. The highest BCUT2D eigenvalue weighted by Gasteiger charge is 2.09. The number of nitrogens with one attached hydrogen (secondary N) is 1. The molecular weight excluding hydrogens is 258 g/mol. The molecule has 6 heteroatoms. The van der Waals surface area contributed by atoms with Gasteiger partial charge >= 0.3 is 0 Å². The minimum atomic E-state index is 0.385. The largest absolute Gasteiger partial charge is 0.377 e. The molecule has 0 fully saturated rings. The predicted molar refractivity (Wildman–Crippen MR) is 77.7 cm³/mol. The summed E-state index contributed by atoms with van der Waals surface area (Å²) in [6.45, 7) is 7.04. The van der Waals surface area contributed by atoms with E-state index in [1.165, 1.54) is 5.69 Å². The van der Waals surface area contributed by atoms with Gasteiger partial charge in [0.15, 0.2) is 4.96 Å². The third-order valence-electron chi connectivity index (χ3n) is 3.15. The Balaban J connectivity index is 1.78. The SMILES string of the molecule is Cc1nc2sccn2c1CNc1cnn(C(C)C)c1. The Labute approximate surface area is 115 Å². The van der Waals surface area contributed by atoms with E-state index in [0.717, 1.165) is 22.9 Å². The third kappa shape index (κ3) is 2.23. The molecule has 0 spiro atoms. The van der Waals surface area contributed by atoms with Gasteiger partial charge in [0.1, 0.15) is 0 Å². The fraction of sp³-hybridized carbons (Fsp3) is 0.385. The number of hydrogen-bond acceptors (Lipinski definition) is 4. The standard InChI is InChI=1S/C13H17N5S/c1-9(2)18-8-11(6-15-18)14-7-12-10(3)16-13-17(12)4-5-19-13/h4-6,8-9,14H,7H2,1-3H3. The van der Waals surface area contributed by atoms with E-state index in [1.54, 1.807) is 11.3 Å². The number of aryl methyl sites for hydroxylation is 1. The topological polar surface area (TPSA) is 47.1 Å². The van der Waals surface area contributed by atoms with Crippen LogP contribution in [0.3, 0.4) is 0 Å². The zero-order chi connectivity index (χ0) is 13.4. The normalized spacial score (nSPS) is 11.6. The smallest absolute Gasteiger partial charge is 0.194 e. The molecule has 0 saturated carbocycles. The van der Waals surface area contributed by atoms with Crippen LogP contribution in [0.2, 0.25) is 0 Å². The first-order valence-electron chi connectivity index (χ1n) is 6.34. The zero-order valence-corrected chi connectivity index (χ0v) is 12.1. The van der Waals surface area contributed by atoms with Gasteiger partial charge in [0.2, 0.25) is 0 Å². The zero-order valence-electron chi connectivity index (χ0n) is 11.3. The molecule has 0 aliphatic heterocycles. The van der Waals surface area contributed by atoms with E-state index in [2.05, 4.69) is 45.2 Å². The summed E-state index contributed by atoms with van der Waals surface area (Å²) in [5, 5.41) is 9.79. The minimum absolute atomic E-state index is 0.385. The molecule has 3 aromatic rings. The number of fused-ring (bicyclic) bond motifs is 1. The van der Waals surface area contributed by atoms with E-state index in [0.29, 0.717) is 6.04 Å². The van der Waals surface area contributed by atoms with E-state index >= 15 is 0 Å². The van der Waals surface area contributed by atoms with Crippen LogP contribution in [0.4, 0.5) is 5.69 Å². The molecule has 0 saturated heterocycles. The summed E-state index contributed by atoms with van der Waals surface area (Å²) in [6.07, 6.45) is 5.96. The van der Waals surface area contributed by atoms with Crippen LogP contribution in [0.1, 0.15) is 31.3 Å². The summed E-state index contributed by atoms with van der Waals surface area (Å²) in [6, 6.07) is 0.385. The number of nitrogens with zero attached hydrogens (tertiary/aromatic N) is 4. The van der Waals surface area contributed by atoms with E-state index in [4.69, 9.17) is 0 Å². The van der Waals surface area contributed by atoms with Crippen LogP contribution in [-0.2, 0) is 6.54 Å². The second kappa shape index (κ2) is 4.70. The van der Waals surface area contributed by atoms with Crippen molar-refractivity contribution in [1.82, 2.24) is 19.2 Å². The highest BCUT2D eigenvalue weighted by Crippen LogP contribution is 2.18. The van der Waals surface area contributed by atoms with Gasteiger partial charge in [-0.05, 0) is 20.8 Å². The Morgan fingerprint density at radius 2 is 2.26 bits per heavy atom. The lowest BCUT2D eigenvalue weighted by molar-refractivity contribution is 0.532. The summed E-state index contributed by atoms with van der Waals surface area (Å²) in [7, 11) is 0.